The van der Waals surface area contributed by atoms with Gasteiger partial charge >= 0.3 is 5.97 Å². The Morgan fingerprint density at radius 2 is 1.17 bits per heavy atom. The summed E-state index contributed by atoms with van der Waals surface area (Å²) < 4.78 is 5.78. The number of hydrogen-bond acceptors (Lipinski definition) is 2. The quantitative estimate of drug-likeness (QED) is 0.213. The summed E-state index contributed by atoms with van der Waals surface area (Å²) in [6, 6.07) is 0. The van der Waals surface area contributed by atoms with Gasteiger partial charge in [-0.3, -0.25) is 4.79 Å². The van der Waals surface area contributed by atoms with E-state index in [1.54, 1.807) is 0 Å². The Labute approximate surface area is 181 Å². The molecule has 170 valence electrons. The van der Waals surface area contributed by atoms with Crippen LogP contribution < -0.4 is 0 Å². The maximum atomic E-state index is 12.1. The van der Waals surface area contributed by atoms with Crippen molar-refractivity contribution >= 4 is 5.97 Å². The van der Waals surface area contributed by atoms with Gasteiger partial charge in [0.25, 0.3) is 0 Å². The molecule has 0 N–H and O–H groups in total. The summed E-state index contributed by atoms with van der Waals surface area (Å²) in [7, 11) is 0. The standard InChI is InChI=1S/C27H50O2/c1-3-5-7-9-11-13-23-15-17-24(18-16-23)25-19-21-26(22-20-25)29-27(28)14-12-10-8-6-4-2/h23-26H,3-22H2,1-2H3. The Balaban J connectivity index is 1.52. The molecule has 0 bridgehead atoms. The summed E-state index contributed by atoms with van der Waals surface area (Å²) in [6.07, 6.45) is 26.2. The molecule has 0 aliphatic heterocycles. The number of esters is 1. The van der Waals surface area contributed by atoms with Crippen LogP contribution in [-0.2, 0) is 9.53 Å². The van der Waals surface area contributed by atoms with Crippen molar-refractivity contribution in [2.24, 2.45) is 17.8 Å². The second-order valence-electron chi connectivity index (χ2n) is 10.2. The summed E-state index contributed by atoms with van der Waals surface area (Å²) in [5.41, 5.74) is 0. The first kappa shape index (κ1) is 24.7. The largest absolute Gasteiger partial charge is 0.462 e. The van der Waals surface area contributed by atoms with Crippen molar-refractivity contribution in [1.29, 1.82) is 0 Å². The fraction of sp³-hybridized carbons (Fsp3) is 0.963. The fourth-order valence-electron chi connectivity index (χ4n) is 5.78. The Morgan fingerprint density at radius 3 is 1.76 bits per heavy atom. The highest BCUT2D eigenvalue weighted by molar-refractivity contribution is 5.69. The molecule has 0 aromatic rings. The van der Waals surface area contributed by atoms with Crippen LogP contribution in [0.5, 0.6) is 0 Å². The van der Waals surface area contributed by atoms with Gasteiger partial charge in [0.15, 0.2) is 0 Å². The third kappa shape index (κ3) is 10.4. The van der Waals surface area contributed by atoms with Crippen LogP contribution in [0.4, 0.5) is 0 Å². The number of carbonyl (C=O) groups is 1. The highest BCUT2D eigenvalue weighted by Crippen LogP contribution is 2.41. The molecule has 0 aromatic heterocycles. The van der Waals surface area contributed by atoms with Crippen molar-refractivity contribution in [3.63, 3.8) is 0 Å². The minimum Gasteiger partial charge on any atom is -0.462 e. The normalized spacial score (nSPS) is 27.7. The lowest BCUT2D eigenvalue weighted by molar-refractivity contribution is -0.151. The Hall–Kier alpha value is -0.530. The van der Waals surface area contributed by atoms with Crippen molar-refractivity contribution < 1.29 is 9.53 Å². The molecule has 2 nitrogen and oxygen atoms in total. The first-order valence-corrected chi connectivity index (χ1v) is 13.4. The molecule has 0 atom stereocenters. The highest BCUT2D eigenvalue weighted by Gasteiger charge is 2.31. The molecule has 2 heteroatoms. The van der Waals surface area contributed by atoms with Crippen molar-refractivity contribution in [2.45, 2.75) is 148 Å². The minimum absolute atomic E-state index is 0.0596. The highest BCUT2D eigenvalue weighted by atomic mass is 16.5. The summed E-state index contributed by atoms with van der Waals surface area (Å²) in [5.74, 6) is 2.94. The lowest BCUT2D eigenvalue weighted by Gasteiger charge is -2.37. The maximum absolute atomic E-state index is 12.1. The Bertz CT molecular complexity index is 403. The smallest absolute Gasteiger partial charge is 0.306 e. The van der Waals surface area contributed by atoms with E-state index in [0.29, 0.717) is 6.42 Å². The molecule has 2 rings (SSSR count). The van der Waals surface area contributed by atoms with Gasteiger partial charge in [0, 0.05) is 6.42 Å². The van der Waals surface area contributed by atoms with Gasteiger partial charge in [0.05, 0.1) is 0 Å². The zero-order chi connectivity index (χ0) is 20.7. The predicted molar refractivity (Wildman–Crippen MR) is 124 cm³/mol. The maximum Gasteiger partial charge on any atom is 0.306 e. The molecular formula is C27H50O2. The number of rotatable bonds is 14. The number of carbonyl (C=O) groups excluding carboxylic acids is 1. The molecular weight excluding hydrogens is 356 g/mol. The van der Waals surface area contributed by atoms with Gasteiger partial charge in [-0.25, -0.2) is 0 Å². The number of unbranched alkanes of at least 4 members (excludes halogenated alkanes) is 8. The monoisotopic (exact) mass is 406 g/mol. The zero-order valence-corrected chi connectivity index (χ0v) is 19.8. The van der Waals surface area contributed by atoms with Crippen LogP contribution in [0, 0.1) is 17.8 Å². The predicted octanol–water partition coefficient (Wildman–Crippen LogP) is 8.62. The molecule has 0 aromatic carbocycles. The lowest BCUT2D eigenvalue weighted by atomic mass is 9.70. The second-order valence-corrected chi connectivity index (χ2v) is 10.2. The van der Waals surface area contributed by atoms with Crippen LogP contribution >= 0.6 is 0 Å². The van der Waals surface area contributed by atoms with E-state index in [-0.39, 0.29) is 12.1 Å². The molecule has 0 heterocycles. The van der Waals surface area contributed by atoms with Crippen LogP contribution in [0.2, 0.25) is 0 Å². The van der Waals surface area contributed by atoms with Crippen LogP contribution in [0.25, 0.3) is 0 Å². The molecule has 2 fully saturated rings. The van der Waals surface area contributed by atoms with Gasteiger partial charge in [-0.1, -0.05) is 90.9 Å². The van der Waals surface area contributed by atoms with E-state index >= 15 is 0 Å². The van der Waals surface area contributed by atoms with Gasteiger partial charge < -0.3 is 4.74 Å². The van der Waals surface area contributed by atoms with Gasteiger partial charge in [0.2, 0.25) is 0 Å². The molecule has 2 aliphatic carbocycles. The van der Waals surface area contributed by atoms with Crippen molar-refractivity contribution in [3.8, 4) is 0 Å². The third-order valence-electron chi connectivity index (χ3n) is 7.78. The molecule has 29 heavy (non-hydrogen) atoms. The van der Waals surface area contributed by atoms with E-state index in [2.05, 4.69) is 13.8 Å². The third-order valence-corrected chi connectivity index (χ3v) is 7.78. The topological polar surface area (TPSA) is 26.3 Å². The number of ether oxygens (including phenoxy) is 1. The Morgan fingerprint density at radius 1 is 0.655 bits per heavy atom. The molecule has 2 saturated carbocycles. The van der Waals surface area contributed by atoms with E-state index in [1.165, 1.54) is 103 Å². The van der Waals surface area contributed by atoms with Gasteiger partial charge in [0.1, 0.15) is 6.10 Å². The average Bonchev–Trinajstić information content (AvgIpc) is 2.74. The molecule has 2 aliphatic rings. The van der Waals surface area contributed by atoms with E-state index < -0.39 is 0 Å². The number of hydrogen-bond donors (Lipinski definition) is 0. The van der Waals surface area contributed by atoms with E-state index in [9.17, 15) is 4.79 Å². The molecule has 0 unspecified atom stereocenters. The van der Waals surface area contributed by atoms with E-state index in [4.69, 9.17) is 4.74 Å². The van der Waals surface area contributed by atoms with Crippen molar-refractivity contribution in [1.82, 2.24) is 0 Å². The average molecular weight is 407 g/mol. The van der Waals surface area contributed by atoms with Crippen molar-refractivity contribution in [3.05, 3.63) is 0 Å². The van der Waals surface area contributed by atoms with Gasteiger partial charge in [-0.2, -0.15) is 0 Å². The molecule has 0 radical (unpaired) electrons. The molecule has 0 amide bonds. The second kappa shape index (κ2) is 15.3. The summed E-state index contributed by atoms with van der Waals surface area (Å²) >= 11 is 0. The molecule has 0 saturated heterocycles. The van der Waals surface area contributed by atoms with Crippen LogP contribution in [0.15, 0.2) is 0 Å². The van der Waals surface area contributed by atoms with Crippen LogP contribution in [-0.4, -0.2) is 12.1 Å². The van der Waals surface area contributed by atoms with E-state index in [0.717, 1.165) is 37.0 Å². The summed E-state index contributed by atoms with van der Waals surface area (Å²) in [4.78, 5) is 12.1. The molecule has 0 spiro atoms. The zero-order valence-electron chi connectivity index (χ0n) is 19.8. The minimum atomic E-state index is 0.0596. The van der Waals surface area contributed by atoms with Crippen molar-refractivity contribution in [2.75, 3.05) is 0 Å². The summed E-state index contributed by atoms with van der Waals surface area (Å²) in [6.45, 7) is 4.53. The Kier molecular flexibility index (Phi) is 13.0. The van der Waals surface area contributed by atoms with Crippen LogP contribution in [0.3, 0.4) is 0 Å². The summed E-state index contributed by atoms with van der Waals surface area (Å²) in [5, 5.41) is 0. The fourth-order valence-corrected chi connectivity index (χ4v) is 5.78. The van der Waals surface area contributed by atoms with E-state index in [1.807, 2.05) is 0 Å². The lowest BCUT2D eigenvalue weighted by Crippen LogP contribution is -2.29. The SMILES string of the molecule is CCCCCCCC(=O)OC1CCC(C2CCC(CCCCCCC)CC2)CC1. The van der Waals surface area contributed by atoms with Crippen LogP contribution in [0.1, 0.15) is 142 Å². The first-order chi connectivity index (χ1) is 14.2. The first-order valence-electron chi connectivity index (χ1n) is 13.4. The van der Waals surface area contributed by atoms with Gasteiger partial charge in [-0.15, -0.1) is 0 Å². The van der Waals surface area contributed by atoms with Gasteiger partial charge in [-0.05, 0) is 62.7 Å².